The highest BCUT2D eigenvalue weighted by Crippen LogP contribution is 2.22. The maximum atomic E-state index is 9.01. The quantitative estimate of drug-likeness (QED) is 0.742. The molecular formula is C15H25NOS. The summed E-state index contributed by atoms with van der Waals surface area (Å²) in [4.78, 5) is 1.30. The fourth-order valence-corrected chi connectivity index (χ4v) is 2.24. The first-order valence-corrected chi connectivity index (χ1v) is 7.69. The summed E-state index contributed by atoms with van der Waals surface area (Å²) in [5, 5.41) is 12.6. The standard InChI is InChI=1S/C15H25NOS/c1-12(16-11-15(2,3)9-10-17)13-5-7-14(18-4)8-6-13/h5-8,12,16-17H,9-11H2,1-4H3. The van der Waals surface area contributed by atoms with E-state index >= 15 is 0 Å². The second-order valence-corrected chi connectivity index (χ2v) is 6.39. The molecule has 1 unspecified atom stereocenters. The van der Waals surface area contributed by atoms with E-state index in [0.717, 1.165) is 13.0 Å². The van der Waals surface area contributed by atoms with Crippen LogP contribution in [0, 0.1) is 5.41 Å². The molecule has 0 aliphatic rings. The maximum absolute atomic E-state index is 9.01. The number of aliphatic hydroxyl groups excluding tert-OH is 1. The second-order valence-electron chi connectivity index (χ2n) is 5.51. The van der Waals surface area contributed by atoms with Gasteiger partial charge in [-0.05, 0) is 42.7 Å². The van der Waals surface area contributed by atoms with E-state index in [2.05, 4.69) is 56.6 Å². The van der Waals surface area contributed by atoms with E-state index in [1.165, 1.54) is 10.5 Å². The highest BCUT2D eigenvalue weighted by Gasteiger charge is 2.18. The van der Waals surface area contributed by atoms with Crippen molar-refractivity contribution in [3.8, 4) is 0 Å². The Hall–Kier alpha value is -0.510. The molecule has 3 heteroatoms. The van der Waals surface area contributed by atoms with Crippen LogP contribution in [-0.2, 0) is 0 Å². The first kappa shape index (κ1) is 15.5. The fourth-order valence-electron chi connectivity index (χ4n) is 1.83. The van der Waals surface area contributed by atoms with Gasteiger partial charge in [0.25, 0.3) is 0 Å². The van der Waals surface area contributed by atoms with Gasteiger partial charge in [-0.2, -0.15) is 0 Å². The average molecular weight is 267 g/mol. The topological polar surface area (TPSA) is 32.3 Å². The zero-order valence-corrected chi connectivity index (χ0v) is 12.7. The Balaban J connectivity index is 2.51. The monoisotopic (exact) mass is 267 g/mol. The van der Waals surface area contributed by atoms with Gasteiger partial charge in [0.05, 0.1) is 0 Å². The van der Waals surface area contributed by atoms with Crippen LogP contribution in [0.1, 0.15) is 38.8 Å². The predicted molar refractivity (Wildman–Crippen MR) is 80.1 cm³/mol. The Kier molecular flexibility index (Phi) is 6.19. The van der Waals surface area contributed by atoms with E-state index in [-0.39, 0.29) is 12.0 Å². The third kappa shape index (κ3) is 5.01. The lowest BCUT2D eigenvalue weighted by Crippen LogP contribution is -2.32. The fraction of sp³-hybridized carbons (Fsp3) is 0.600. The minimum Gasteiger partial charge on any atom is -0.396 e. The third-order valence-corrected chi connectivity index (χ3v) is 4.03. The Bertz CT molecular complexity index is 348. The van der Waals surface area contributed by atoms with Crippen LogP contribution in [0.15, 0.2) is 29.2 Å². The van der Waals surface area contributed by atoms with Gasteiger partial charge in [0.1, 0.15) is 0 Å². The molecule has 102 valence electrons. The van der Waals surface area contributed by atoms with Crippen molar-refractivity contribution in [2.24, 2.45) is 5.41 Å². The van der Waals surface area contributed by atoms with Gasteiger partial charge in [0.15, 0.2) is 0 Å². The minimum absolute atomic E-state index is 0.141. The van der Waals surface area contributed by atoms with Crippen molar-refractivity contribution in [3.05, 3.63) is 29.8 Å². The molecular weight excluding hydrogens is 242 g/mol. The lowest BCUT2D eigenvalue weighted by molar-refractivity contribution is 0.204. The number of thioether (sulfide) groups is 1. The summed E-state index contributed by atoms with van der Waals surface area (Å²) >= 11 is 1.77. The number of hydrogen-bond donors (Lipinski definition) is 2. The molecule has 1 atom stereocenters. The number of rotatable bonds is 7. The van der Waals surface area contributed by atoms with Gasteiger partial charge in [0.2, 0.25) is 0 Å². The van der Waals surface area contributed by atoms with Crippen LogP contribution in [0.25, 0.3) is 0 Å². The molecule has 0 aromatic heterocycles. The van der Waals surface area contributed by atoms with E-state index in [1.54, 1.807) is 11.8 Å². The minimum atomic E-state index is 0.141. The number of hydrogen-bond acceptors (Lipinski definition) is 3. The number of nitrogens with one attached hydrogen (secondary N) is 1. The van der Waals surface area contributed by atoms with Crippen LogP contribution in [0.5, 0.6) is 0 Å². The van der Waals surface area contributed by atoms with Crippen LogP contribution in [0.2, 0.25) is 0 Å². The molecule has 0 saturated carbocycles. The molecule has 0 spiro atoms. The van der Waals surface area contributed by atoms with Crippen molar-refractivity contribution >= 4 is 11.8 Å². The van der Waals surface area contributed by atoms with Crippen molar-refractivity contribution in [3.63, 3.8) is 0 Å². The van der Waals surface area contributed by atoms with Crippen LogP contribution < -0.4 is 5.32 Å². The lowest BCUT2D eigenvalue weighted by Gasteiger charge is -2.26. The van der Waals surface area contributed by atoms with Gasteiger partial charge < -0.3 is 10.4 Å². The molecule has 1 aromatic rings. The van der Waals surface area contributed by atoms with Crippen LogP contribution in [-0.4, -0.2) is 24.5 Å². The normalized spacial score (nSPS) is 13.6. The molecule has 0 bridgehead atoms. The van der Waals surface area contributed by atoms with Gasteiger partial charge in [-0.25, -0.2) is 0 Å². The molecule has 0 fully saturated rings. The predicted octanol–water partition coefficient (Wildman–Crippen LogP) is 3.47. The summed E-state index contributed by atoms with van der Waals surface area (Å²) in [6.45, 7) is 7.72. The zero-order valence-electron chi connectivity index (χ0n) is 11.9. The molecule has 0 amide bonds. The Labute approximate surface area is 115 Å². The van der Waals surface area contributed by atoms with Gasteiger partial charge >= 0.3 is 0 Å². The van der Waals surface area contributed by atoms with Crippen molar-refractivity contribution in [2.75, 3.05) is 19.4 Å². The van der Waals surface area contributed by atoms with Gasteiger partial charge in [-0.15, -0.1) is 11.8 Å². The van der Waals surface area contributed by atoms with Gasteiger partial charge in [-0.3, -0.25) is 0 Å². The summed E-state index contributed by atoms with van der Waals surface area (Å²) in [6.07, 6.45) is 2.92. The molecule has 0 radical (unpaired) electrons. The molecule has 0 aliphatic heterocycles. The first-order chi connectivity index (χ1) is 8.48. The molecule has 1 rings (SSSR count). The SMILES string of the molecule is CSc1ccc(C(C)NCC(C)(C)CCO)cc1. The van der Waals surface area contributed by atoms with Crippen LogP contribution in [0.3, 0.4) is 0 Å². The van der Waals surface area contributed by atoms with E-state index in [4.69, 9.17) is 5.11 Å². The van der Waals surface area contributed by atoms with E-state index < -0.39 is 0 Å². The van der Waals surface area contributed by atoms with Gasteiger partial charge in [-0.1, -0.05) is 26.0 Å². The maximum Gasteiger partial charge on any atom is 0.0436 e. The zero-order chi connectivity index (χ0) is 13.6. The van der Waals surface area contributed by atoms with Crippen molar-refractivity contribution in [1.29, 1.82) is 0 Å². The van der Waals surface area contributed by atoms with Crippen molar-refractivity contribution < 1.29 is 5.11 Å². The summed E-state index contributed by atoms with van der Waals surface area (Å²) in [5.41, 5.74) is 1.45. The van der Waals surface area contributed by atoms with Gasteiger partial charge in [0, 0.05) is 24.1 Å². The summed E-state index contributed by atoms with van der Waals surface area (Å²) in [7, 11) is 0. The summed E-state index contributed by atoms with van der Waals surface area (Å²) in [6, 6.07) is 9.04. The average Bonchev–Trinajstić information content (AvgIpc) is 2.36. The van der Waals surface area contributed by atoms with E-state index in [9.17, 15) is 0 Å². The lowest BCUT2D eigenvalue weighted by atomic mass is 9.89. The largest absolute Gasteiger partial charge is 0.396 e. The van der Waals surface area contributed by atoms with E-state index in [0.29, 0.717) is 6.04 Å². The smallest absolute Gasteiger partial charge is 0.0436 e. The molecule has 0 aliphatic carbocycles. The number of benzene rings is 1. The Morgan fingerprint density at radius 3 is 2.39 bits per heavy atom. The summed E-state index contributed by atoms with van der Waals surface area (Å²) < 4.78 is 0. The van der Waals surface area contributed by atoms with Crippen molar-refractivity contribution in [1.82, 2.24) is 5.32 Å². The Morgan fingerprint density at radius 1 is 1.28 bits per heavy atom. The highest BCUT2D eigenvalue weighted by atomic mass is 32.2. The second kappa shape index (κ2) is 7.17. The molecule has 1 aromatic carbocycles. The van der Waals surface area contributed by atoms with Crippen LogP contribution >= 0.6 is 11.8 Å². The first-order valence-electron chi connectivity index (χ1n) is 6.47. The summed E-state index contributed by atoms with van der Waals surface area (Å²) in [5.74, 6) is 0. The number of aliphatic hydroxyl groups is 1. The highest BCUT2D eigenvalue weighted by molar-refractivity contribution is 7.98. The third-order valence-electron chi connectivity index (χ3n) is 3.29. The van der Waals surface area contributed by atoms with Crippen LogP contribution in [0.4, 0.5) is 0 Å². The molecule has 2 nitrogen and oxygen atoms in total. The van der Waals surface area contributed by atoms with Crippen molar-refractivity contribution in [2.45, 2.75) is 38.1 Å². The molecule has 18 heavy (non-hydrogen) atoms. The van der Waals surface area contributed by atoms with E-state index in [1.807, 2.05) is 0 Å². The Morgan fingerprint density at radius 2 is 1.89 bits per heavy atom. The molecule has 0 saturated heterocycles. The molecule has 2 N–H and O–H groups in total. The molecule has 0 heterocycles.